The topological polar surface area (TPSA) is 50.4 Å². The van der Waals surface area contributed by atoms with Crippen molar-refractivity contribution in [1.82, 2.24) is 14.6 Å². The number of pyridine rings is 1. The van der Waals surface area contributed by atoms with Gasteiger partial charge >= 0.3 is 0 Å². The van der Waals surface area contributed by atoms with E-state index in [9.17, 15) is 5.11 Å². The van der Waals surface area contributed by atoms with Gasteiger partial charge in [0.15, 0.2) is 11.5 Å². The van der Waals surface area contributed by atoms with Gasteiger partial charge in [-0.05, 0) is 37.5 Å². The zero-order valence-electron chi connectivity index (χ0n) is 8.64. The van der Waals surface area contributed by atoms with Gasteiger partial charge in [-0.2, -0.15) is 5.10 Å². The smallest absolute Gasteiger partial charge is 0.160 e. The van der Waals surface area contributed by atoms with E-state index in [2.05, 4.69) is 10.1 Å². The molecule has 0 unspecified atom stereocenters. The first kappa shape index (κ1) is 8.85. The Morgan fingerprint density at radius 2 is 2.33 bits per heavy atom. The van der Waals surface area contributed by atoms with Crippen molar-refractivity contribution in [3.63, 3.8) is 0 Å². The Hall–Kier alpha value is -1.42. The highest BCUT2D eigenvalue weighted by Gasteiger charge is 2.47. The average molecular weight is 203 g/mol. The maximum absolute atomic E-state index is 9.30. The van der Waals surface area contributed by atoms with Crippen LogP contribution in [0.4, 0.5) is 0 Å². The number of aliphatic hydroxyl groups is 1. The number of aliphatic hydroxyl groups excluding tert-OH is 1. The molecule has 2 aromatic rings. The Balaban J connectivity index is 2.14. The van der Waals surface area contributed by atoms with Gasteiger partial charge < -0.3 is 5.11 Å². The highest BCUT2D eigenvalue weighted by Crippen LogP contribution is 2.46. The molecule has 0 bridgehead atoms. The Bertz CT molecular complexity index is 514. The molecule has 1 aliphatic carbocycles. The summed E-state index contributed by atoms with van der Waals surface area (Å²) in [6.07, 6.45) is 3.91. The van der Waals surface area contributed by atoms with Crippen LogP contribution in [-0.4, -0.2) is 26.3 Å². The molecule has 3 rings (SSSR count). The molecule has 4 nitrogen and oxygen atoms in total. The second kappa shape index (κ2) is 2.79. The van der Waals surface area contributed by atoms with Crippen LogP contribution in [0.15, 0.2) is 18.3 Å². The summed E-state index contributed by atoms with van der Waals surface area (Å²) in [4.78, 5) is 4.47. The van der Waals surface area contributed by atoms with Crippen LogP contribution >= 0.6 is 0 Å². The molecule has 0 aliphatic heterocycles. The summed E-state index contributed by atoms with van der Waals surface area (Å²) in [7, 11) is 0. The van der Waals surface area contributed by atoms with Crippen LogP contribution < -0.4 is 0 Å². The van der Waals surface area contributed by atoms with Crippen molar-refractivity contribution in [3.05, 3.63) is 29.7 Å². The second-order valence-corrected chi connectivity index (χ2v) is 4.38. The number of nitrogens with zero attached hydrogens (tertiary/aromatic N) is 3. The summed E-state index contributed by atoms with van der Waals surface area (Å²) in [6.45, 7) is 2.19. The maximum atomic E-state index is 9.30. The highest BCUT2D eigenvalue weighted by atomic mass is 16.3. The van der Waals surface area contributed by atoms with E-state index >= 15 is 0 Å². The maximum Gasteiger partial charge on any atom is 0.160 e. The number of hydrogen-bond donors (Lipinski definition) is 1. The first-order chi connectivity index (χ1) is 7.23. The predicted molar refractivity (Wildman–Crippen MR) is 55.7 cm³/mol. The monoisotopic (exact) mass is 203 g/mol. The lowest BCUT2D eigenvalue weighted by molar-refractivity contribution is 0.250. The fraction of sp³-hybridized carbons (Fsp3) is 0.455. The predicted octanol–water partition coefficient (Wildman–Crippen LogP) is 1.06. The van der Waals surface area contributed by atoms with Crippen molar-refractivity contribution < 1.29 is 5.11 Å². The van der Waals surface area contributed by atoms with E-state index < -0.39 is 0 Å². The molecule has 1 N–H and O–H groups in total. The third-order valence-electron chi connectivity index (χ3n) is 3.12. The number of hydrogen-bond acceptors (Lipinski definition) is 3. The fourth-order valence-corrected chi connectivity index (χ4v) is 1.81. The molecule has 2 heterocycles. The van der Waals surface area contributed by atoms with E-state index in [0.29, 0.717) is 0 Å². The van der Waals surface area contributed by atoms with Crippen LogP contribution in [0.2, 0.25) is 0 Å². The zero-order valence-corrected chi connectivity index (χ0v) is 8.64. The minimum atomic E-state index is -0.139. The van der Waals surface area contributed by atoms with Crippen LogP contribution in [0.5, 0.6) is 0 Å². The Labute approximate surface area is 87.6 Å². The molecule has 78 valence electrons. The lowest BCUT2D eigenvalue weighted by Gasteiger charge is -2.03. The van der Waals surface area contributed by atoms with Gasteiger partial charge in [0.1, 0.15) is 0 Å². The van der Waals surface area contributed by atoms with E-state index in [1.807, 2.05) is 25.3 Å². The summed E-state index contributed by atoms with van der Waals surface area (Å²) in [5, 5.41) is 13.7. The fourth-order valence-electron chi connectivity index (χ4n) is 1.81. The summed E-state index contributed by atoms with van der Waals surface area (Å²) in [5.74, 6) is 0.788. The molecule has 0 amide bonds. The molecule has 1 saturated carbocycles. The van der Waals surface area contributed by atoms with Crippen molar-refractivity contribution in [2.45, 2.75) is 25.2 Å². The van der Waals surface area contributed by atoms with E-state index in [1.165, 1.54) is 5.56 Å². The van der Waals surface area contributed by atoms with Gasteiger partial charge in [0.05, 0.1) is 12.0 Å². The van der Waals surface area contributed by atoms with E-state index in [-0.39, 0.29) is 12.0 Å². The lowest BCUT2D eigenvalue weighted by atomic mass is 10.1. The van der Waals surface area contributed by atoms with Crippen molar-refractivity contribution in [1.29, 1.82) is 0 Å². The minimum Gasteiger partial charge on any atom is -0.395 e. The van der Waals surface area contributed by atoms with Crippen LogP contribution in [0, 0.1) is 6.92 Å². The van der Waals surface area contributed by atoms with Gasteiger partial charge in [0, 0.05) is 6.20 Å². The van der Waals surface area contributed by atoms with Crippen molar-refractivity contribution >= 4 is 5.65 Å². The van der Waals surface area contributed by atoms with Crippen molar-refractivity contribution in [2.75, 3.05) is 6.61 Å². The van der Waals surface area contributed by atoms with Crippen LogP contribution in [0.3, 0.4) is 0 Å². The molecule has 0 aromatic carbocycles. The van der Waals surface area contributed by atoms with Crippen LogP contribution in [0.1, 0.15) is 24.2 Å². The first-order valence-electron chi connectivity index (χ1n) is 5.18. The molecule has 0 atom stereocenters. The minimum absolute atomic E-state index is 0.139. The van der Waals surface area contributed by atoms with Gasteiger partial charge in [-0.15, -0.1) is 0 Å². The summed E-state index contributed by atoms with van der Waals surface area (Å²) < 4.78 is 1.78. The van der Waals surface area contributed by atoms with E-state index in [4.69, 9.17) is 0 Å². The van der Waals surface area contributed by atoms with Crippen LogP contribution in [-0.2, 0) is 5.41 Å². The molecule has 1 aliphatic rings. The average Bonchev–Trinajstić information content (AvgIpc) is 2.93. The molecule has 2 aromatic heterocycles. The molecule has 15 heavy (non-hydrogen) atoms. The normalized spacial score (nSPS) is 18.3. The lowest BCUT2D eigenvalue weighted by Crippen LogP contribution is -2.14. The van der Waals surface area contributed by atoms with Crippen molar-refractivity contribution in [2.24, 2.45) is 0 Å². The summed E-state index contributed by atoms with van der Waals surface area (Å²) >= 11 is 0. The molecule has 0 spiro atoms. The van der Waals surface area contributed by atoms with E-state index in [1.54, 1.807) is 4.52 Å². The van der Waals surface area contributed by atoms with Crippen LogP contribution in [0.25, 0.3) is 5.65 Å². The quantitative estimate of drug-likeness (QED) is 0.794. The number of rotatable bonds is 2. The van der Waals surface area contributed by atoms with Gasteiger partial charge in [-0.1, -0.05) is 0 Å². The molecule has 0 saturated heterocycles. The summed E-state index contributed by atoms with van der Waals surface area (Å²) in [6, 6.07) is 4.01. The zero-order chi connectivity index (χ0) is 10.5. The molecular formula is C11H13N3O. The first-order valence-corrected chi connectivity index (χ1v) is 5.18. The molecule has 0 radical (unpaired) electrons. The van der Waals surface area contributed by atoms with Gasteiger partial charge in [-0.25, -0.2) is 9.50 Å². The molecular weight excluding hydrogens is 190 g/mol. The number of aromatic nitrogens is 3. The molecule has 1 fully saturated rings. The highest BCUT2D eigenvalue weighted by molar-refractivity contribution is 5.41. The third kappa shape index (κ3) is 1.25. The number of fused-ring (bicyclic) bond motifs is 1. The van der Waals surface area contributed by atoms with Crippen molar-refractivity contribution in [3.8, 4) is 0 Å². The largest absolute Gasteiger partial charge is 0.395 e. The summed E-state index contributed by atoms with van der Waals surface area (Å²) in [5.41, 5.74) is 1.90. The SMILES string of the molecule is Cc1ccn2nc(C3(CO)CC3)nc2c1. The third-order valence-corrected chi connectivity index (χ3v) is 3.12. The second-order valence-electron chi connectivity index (χ2n) is 4.38. The van der Waals surface area contributed by atoms with Gasteiger partial charge in [0.2, 0.25) is 0 Å². The Kier molecular flexibility index (Phi) is 1.65. The van der Waals surface area contributed by atoms with Gasteiger partial charge in [0.25, 0.3) is 0 Å². The van der Waals surface area contributed by atoms with E-state index in [0.717, 1.165) is 24.3 Å². The standard InChI is InChI=1S/C11H13N3O/c1-8-2-5-14-9(6-8)12-10(13-14)11(7-15)3-4-11/h2,5-6,15H,3-4,7H2,1H3. The number of aryl methyl sites for hydroxylation is 1. The Morgan fingerprint density at radius 1 is 1.53 bits per heavy atom. The Morgan fingerprint density at radius 3 is 3.00 bits per heavy atom. The molecule has 4 heteroatoms. The van der Waals surface area contributed by atoms with Gasteiger partial charge in [-0.3, -0.25) is 0 Å².